The Labute approximate surface area is 113 Å². The Balaban J connectivity index is 2.86. The maximum Gasteiger partial charge on any atom is 0.165 e. The lowest BCUT2D eigenvalue weighted by molar-refractivity contribution is 0.0547. The zero-order chi connectivity index (χ0) is 13.8. The van der Waals surface area contributed by atoms with Crippen LogP contribution in [0.25, 0.3) is 0 Å². The molecule has 0 spiro atoms. The van der Waals surface area contributed by atoms with Crippen molar-refractivity contribution in [2.45, 2.75) is 32.4 Å². The summed E-state index contributed by atoms with van der Waals surface area (Å²) < 4.78 is 10.9. The minimum Gasteiger partial charge on any atom is -0.493 e. The number of halogens is 1. The molecule has 1 aromatic rings. The van der Waals surface area contributed by atoms with E-state index in [-0.39, 0.29) is 0 Å². The Morgan fingerprint density at radius 1 is 1.39 bits per heavy atom. The highest BCUT2D eigenvalue weighted by Gasteiger charge is 2.15. The first-order valence-corrected chi connectivity index (χ1v) is 6.17. The second-order valence-corrected chi connectivity index (χ2v) is 5.15. The summed E-state index contributed by atoms with van der Waals surface area (Å²) in [7, 11) is 1.55. The average Bonchev–Trinajstić information content (AvgIpc) is 2.28. The Kier molecular flexibility index (Phi) is 5.26. The molecule has 18 heavy (non-hydrogen) atoms. The first-order chi connectivity index (χ1) is 8.37. The number of aliphatic hydroxyl groups is 1. The van der Waals surface area contributed by atoms with E-state index in [4.69, 9.17) is 26.8 Å². The van der Waals surface area contributed by atoms with E-state index in [0.717, 1.165) is 5.56 Å². The van der Waals surface area contributed by atoms with Gasteiger partial charge < -0.3 is 20.3 Å². The van der Waals surface area contributed by atoms with Gasteiger partial charge >= 0.3 is 0 Å². The molecule has 4 nitrogen and oxygen atoms in total. The summed E-state index contributed by atoms with van der Waals surface area (Å²) in [4.78, 5) is 0. The van der Waals surface area contributed by atoms with Crippen molar-refractivity contribution in [3.63, 3.8) is 0 Å². The normalized spacial score (nSPS) is 11.4. The second-order valence-electron chi connectivity index (χ2n) is 4.71. The number of methoxy groups -OCH3 is 1. The van der Waals surface area contributed by atoms with E-state index in [1.165, 1.54) is 0 Å². The van der Waals surface area contributed by atoms with Gasteiger partial charge in [-0.15, -0.1) is 0 Å². The van der Waals surface area contributed by atoms with E-state index >= 15 is 0 Å². The van der Waals surface area contributed by atoms with E-state index in [9.17, 15) is 5.11 Å². The number of nitrogens with two attached hydrogens (primary N) is 1. The average molecular weight is 274 g/mol. The molecule has 1 rings (SSSR count). The maximum absolute atomic E-state index is 9.64. The largest absolute Gasteiger partial charge is 0.493 e. The molecular formula is C13H20ClNO3. The molecule has 5 heteroatoms. The first kappa shape index (κ1) is 15.1. The lowest BCUT2D eigenvalue weighted by Gasteiger charge is -2.19. The van der Waals surface area contributed by atoms with Crippen molar-refractivity contribution >= 4 is 11.6 Å². The van der Waals surface area contributed by atoms with Crippen LogP contribution in [0.15, 0.2) is 12.1 Å². The molecule has 0 amide bonds. The van der Waals surface area contributed by atoms with Gasteiger partial charge in [-0.3, -0.25) is 0 Å². The third kappa shape index (κ3) is 4.37. The molecule has 1 aromatic carbocycles. The summed E-state index contributed by atoms with van der Waals surface area (Å²) in [6.45, 7) is 4.17. The number of hydrogen-bond donors (Lipinski definition) is 2. The van der Waals surface area contributed by atoms with Crippen LogP contribution in [0.2, 0.25) is 5.02 Å². The van der Waals surface area contributed by atoms with Crippen LogP contribution < -0.4 is 15.2 Å². The molecule has 0 aliphatic heterocycles. The molecule has 0 saturated heterocycles. The molecular weight excluding hydrogens is 254 g/mol. The Morgan fingerprint density at radius 3 is 2.56 bits per heavy atom. The van der Waals surface area contributed by atoms with Gasteiger partial charge in [0.2, 0.25) is 0 Å². The number of ether oxygens (including phenoxy) is 2. The lowest BCUT2D eigenvalue weighted by atomic mass is 10.1. The highest BCUT2D eigenvalue weighted by Crippen LogP contribution is 2.34. The minimum absolute atomic E-state index is 0.314. The summed E-state index contributed by atoms with van der Waals surface area (Å²) >= 11 is 5.96. The van der Waals surface area contributed by atoms with Gasteiger partial charge in [0.15, 0.2) is 11.5 Å². The van der Waals surface area contributed by atoms with Crippen LogP contribution in [-0.2, 0) is 6.54 Å². The van der Waals surface area contributed by atoms with E-state index in [1.807, 2.05) is 0 Å². The number of rotatable bonds is 6. The SMILES string of the molecule is COc1cc(Cl)cc(CN)c1OCCC(C)(C)O. The molecule has 0 bridgehead atoms. The minimum atomic E-state index is -0.761. The van der Waals surface area contributed by atoms with Crippen LogP contribution in [0.4, 0.5) is 0 Å². The molecule has 0 aliphatic rings. The van der Waals surface area contributed by atoms with Crippen molar-refractivity contribution < 1.29 is 14.6 Å². The molecule has 0 heterocycles. The molecule has 0 aliphatic carbocycles. The number of benzene rings is 1. The van der Waals surface area contributed by atoms with Crippen molar-refractivity contribution in [3.05, 3.63) is 22.7 Å². The van der Waals surface area contributed by atoms with Crippen molar-refractivity contribution in [1.29, 1.82) is 0 Å². The quantitative estimate of drug-likeness (QED) is 0.835. The third-order valence-electron chi connectivity index (χ3n) is 2.50. The Morgan fingerprint density at radius 2 is 2.06 bits per heavy atom. The molecule has 0 unspecified atom stereocenters. The van der Waals surface area contributed by atoms with Crippen molar-refractivity contribution in [2.24, 2.45) is 5.73 Å². The van der Waals surface area contributed by atoms with Gasteiger partial charge in [0.1, 0.15) is 0 Å². The summed E-state index contributed by atoms with van der Waals surface area (Å²) in [5.74, 6) is 1.15. The van der Waals surface area contributed by atoms with Crippen LogP contribution in [0.5, 0.6) is 11.5 Å². The zero-order valence-corrected chi connectivity index (χ0v) is 11.8. The summed E-state index contributed by atoms with van der Waals surface area (Å²) in [5, 5.41) is 10.2. The fourth-order valence-corrected chi connectivity index (χ4v) is 1.72. The van der Waals surface area contributed by atoms with Crippen LogP contribution in [0.1, 0.15) is 25.8 Å². The van der Waals surface area contributed by atoms with Crippen LogP contribution in [-0.4, -0.2) is 24.4 Å². The topological polar surface area (TPSA) is 64.7 Å². The van der Waals surface area contributed by atoms with Gasteiger partial charge in [-0.05, 0) is 19.9 Å². The molecule has 0 fully saturated rings. The van der Waals surface area contributed by atoms with Crippen molar-refractivity contribution in [3.8, 4) is 11.5 Å². The Bertz CT molecular complexity index is 377. The monoisotopic (exact) mass is 273 g/mol. The van der Waals surface area contributed by atoms with Gasteiger partial charge in [-0.1, -0.05) is 11.6 Å². The van der Waals surface area contributed by atoms with E-state index in [0.29, 0.717) is 36.1 Å². The summed E-state index contributed by atoms with van der Waals surface area (Å²) in [6.07, 6.45) is 0.517. The predicted octanol–water partition coefficient (Wildman–Crippen LogP) is 2.35. The molecule has 3 N–H and O–H groups in total. The van der Waals surface area contributed by atoms with Gasteiger partial charge in [-0.25, -0.2) is 0 Å². The molecule has 0 aromatic heterocycles. The summed E-state index contributed by atoms with van der Waals surface area (Å²) in [6, 6.07) is 3.43. The van der Waals surface area contributed by atoms with E-state index < -0.39 is 5.60 Å². The highest BCUT2D eigenvalue weighted by molar-refractivity contribution is 6.30. The fourth-order valence-electron chi connectivity index (χ4n) is 1.49. The standard InChI is InChI=1S/C13H20ClNO3/c1-13(2,16)4-5-18-12-9(8-15)6-10(14)7-11(12)17-3/h6-7,16H,4-5,8,15H2,1-3H3. The molecule has 102 valence electrons. The third-order valence-corrected chi connectivity index (χ3v) is 2.71. The predicted molar refractivity (Wildman–Crippen MR) is 72.3 cm³/mol. The zero-order valence-electron chi connectivity index (χ0n) is 11.0. The molecule has 0 radical (unpaired) electrons. The molecule has 0 atom stereocenters. The van der Waals surface area contributed by atoms with Crippen molar-refractivity contribution in [2.75, 3.05) is 13.7 Å². The Hall–Kier alpha value is -0.970. The summed E-state index contributed by atoms with van der Waals surface area (Å²) in [5.41, 5.74) is 5.68. The maximum atomic E-state index is 9.64. The van der Waals surface area contributed by atoms with Gasteiger partial charge in [-0.2, -0.15) is 0 Å². The molecule has 0 saturated carbocycles. The van der Waals surface area contributed by atoms with Crippen LogP contribution in [0.3, 0.4) is 0 Å². The smallest absolute Gasteiger partial charge is 0.165 e. The van der Waals surface area contributed by atoms with E-state index in [2.05, 4.69) is 0 Å². The van der Waals surface area contributed by atoms with Crippen LogP contribution in [0, 0.1) is 0 Å². The van der Waals surface area contributed by atoms with Gasteiger partial charge in [0, 0.05) is 29.6 Å². The van der Waals surface area contributed by atoms with Gasteiger partial charge in [0.05, 0.1) is 19.3 Å². The van der Waals surface area contributed by atoms with Gasteiger partial charge in [0.25, 0.3) is 0 Å². The van der Waals surface area contributed by atoms with Crippen LogP contribution >= 0.6 is 11.6 Å². The highest BCUT2D eigenvalue weighted by atomic mass is 35.5. The lowest BCUT2D eigenvalue weighted by Crippen LogP contribution is -2.22. The second kappa shape index (κ2) is 6.27. The fraction of sp³-hybridized carbons (Fsp3) is 0.538. The van der Waals surface area contributed by atoms with Crippen molar-refractivity contribution in [1.82, 2.24) is 0 Å². The van der Waals surface area contributed by atoms with E-state index in [1.54, 1.807) is 33.1 Å². The first-order valence-electron chi connectivity index (χ1n) is 5.79. The number of hydrogen-bond acceptors (Lipinski definition) is 4.